The third-order valence-corrected chi connectivity index (χ3v) is 6.48. The van der Waals surface area contributed by atoms with Crippen LogP contribution in [0.1, 0.15) is 68.7 Å². The fraction of sp³-hybridized carbons (Fsp3) is 0.889. The second kappa shape index (κ2) is 11.1. The van der Waals surface area contributed by atoms with Crippen molar-refractivity contribution in [2.45, 2.75) is 96.0 Å². The van der Waals surface area contributed by atoms with E-state index in [1.807, 2.05) is 0 Å². The molecule has 10 heteroatoms. The van der Waals surface area contributed by atoms with E-state index >= 15 is 0 Å². The van der Waals surface area contributed by atoms with Crippen molar-refractivity contribution in [3.8, 4) is 0 Å². The lowest BCUT2D eigenvalue weighted by molar-refractivity contribution is -0.157. The first kappa shape index (κ1) is 26.8. The molecule has 2 unspecified atom stereocenters. The number of esters is 1. The maximum atomic E-state index is 12.7. The summed E-state index contributed by atoms with van der Waals surface area (Å²) in [6.07, 6.45) is -0.444. The van der Waals surface area contributed by atoms with Crippen LogP contribution in [0.5, 0.6) is 0 Å². The van der Waals surface area contributed by atoms with Gasteiger partial charge in [-0.15, -0.1) is 0 Å². The minimum atomic E-state index is -0.916. The van der Waals surface area contributed by atoms with Crippen molar-refractivity contribution in [1.82, 2.24) is 5.32 Å². The van der Waals surface area contributed by atoms with Gasteiger partial charge in [0.25, 0.3) is 0 Å². The van der Waals surface area contributed by atoms with Crippen LogP contribution in [0.15, 0.2) is 5.11 Å². The molecule has 0 heterocycles. The highest BCUT2D eigenvalue weighted by molar-refractivity contribution is 8.77. The number of carbonyl (C=O) groups excluding carboxylic acids is 2. The minimum Gasteiger partial charge on any atom is -0.458 e. The molecule has 8 nitrogen and oxygen atoms in total. The average molecular weight is 435 g/mol. The normalized spacial score (nSPS) is 14.5. The highest BCUT2D eigenvalue weighted by Gasteiger charge is 2.31. The van der Waals surface area contributed by atoms with Crippen LogP contribution in [0.4, 0.5) is 4.79 Å². The second-order valence-corrected chi connectivity index (χ2v) is 12.6. The number of rotatable bonds is 8. The third kappa shape index (κ3) is 14.8. The van der Waals surface area contributed by atoms with Crippen LogP contribution >= 0.6 is 21.6 Å². The molecule has 0 aromatic carbocycles. The molecule has 0 aromatic heterocycles. The van der Waals surface area contributed by atoms with Gasteiger partial charge in [0.05, 0.1) is 0 Å². The van der Waals surface area contributed by atoms with Gasteiger partial charge in [-0.2, -0.15) is 0 Å². The largest absolute Gasteiger partial charge is 0.458 e. The Morgan fingerprint density at radius 1 is 1.04 bits per heavy atom. The molecular weight excluding hydrogens is 400 g/mol. The van der Waals surface area contributed by atoms with Crippen molar-refractivity contribution in [2.24, 2.45) is 5.11 Å². The lowest BCUT2D eigenvalue weighted by Crippen LogP contribution is -2.47. The van der Waals surface area contributed by atoms with E-state index < -0.39 is 29.3 Å². The molecule has 1 amide bonds. The number of nitrogens with one attached hydrogen (secondary N) is 1. The van der Waals surface area contributed by atoms with E-state index in [9.17, 15) is 9.59 Å². The van der Waals surface area contributed by atoms with Crippen LogP contribution in [0.25, 0.3) is 10.4 Å². The topological polar surface area (TPSA) is 113 Å². The maximum absolute atomic E-state index is 12.7. The lowest BCUT2D eigenvalue weighted by Gasteiger charge is -2.28. The molecule has 0 aliphatic carbocycles. The van der Waals surface area contributed by atoms with Crippen molar-refractivity contribution < 1.29 is 19.1 Å². The molecule has 2 atom stereocenters. The molecule has 162 valence electrons. The summed E-state index contributed by atoms with van der Waals surface area (Å²) in [6, 6.07) is -0.916. The number of alkyl carbamates (subject to hydrolysis) is 1. The summed E-state index contributed by atoms with van der Waals surface area (Å²) in [4.78, 5) is 27.7. The maximum Gasteiger partial charge on any atom is 0.408 e. The average Bonchev–Trinajstić information content (AvgIpc) is 2.44. The van der Waals surface area contributed by atoms with E-state index in [2.05, 4.69) is 36.1 Å². The van der Waals surface area contributed by atoms with E-state index in [4.69, 9.17) is 15.0 Å². The summed E-state index contributed by atoms with van der Waals surface area (Å²) in [5.74, 6) is -0.550. The van der Waals surface area contributed by atoms with Gasteiger partial charge in [0, 0.05) is 21.5 Å². The minimum absolute atomic E-state index is 0.0146. The number of carbonyl (C=O) groups is 2. The SMILES string of the molecule is CC(C)(C)OC(=O)NC(CC(CN=[N+]=[N-])SSC(C)(C)C)C(=O)OC(C)(C)C. The van der Waals surface area contributed by atoms with Crippen LogP contribution in [-0.2, 0) is 14.3 Å². The van der Waals surface area contributed by atoms with Gasteiger partial charge in [0.15, 0.2) is 0 Å². The molecule has 0 aromatic rings. The van der Waals surface area contributed by atoms with Crippen LogP contribution in [0.2, 0.25) is 0 Å². The number of azide groups is 1. The van der Waals surface area contributed by atoms with E-state index in [1.165, 1.54) is 10.8 Å². The number of hydrogen-bond donors (Lipinski definition) is 1. The zero-order valence-electron chi connectivity index (χ0n) is 18.4. The fourth-order valence-corrected chi connectivity index (χ4v) is 4.30. The first-order valence-corrected chi connectivity index (χ1v) is 11.3. The van der Waals surface area contributed by atoms with Crippen LogP contribution in [-0.4, -0.2) is 45.8 Å². The first-order chi connectivity index (χ1) is 12.5. The summed E-state index contributed by atoms with van der Waals surface area (Å²) in [7, 11) is 3.15. The van der Waals surface area contributed by atoms with E-state index in [-0.39, 0.29) is 23.0 Å². The Hall–Kier alpha value is -1.25. The number of hydrogen-bond acceptors (Lipinski definition) is 7. The van der Waals surface area contributed by atoms with Crippen LogP contribution in [0.3, 0.4) is 0 Å². The van der Waals surface area contributed by atoms with Crippen LogP contribution < -0.4 is 5.32 Å². The van der Waals surface area contributed by atoms with Crippen molar-refractivity contribution in [1.29, 1.82) is 0 Å². The Labute approximate surface area is 176 Å². The number of amides is 1. The summed E-state index contributed by atoms with van der Waals surface area (Å²) in [5, 5.41) is 6.07. The number of nitrogens with zero attached hydrogens (tertiary/aromatic N) is 3. The van der Waals surface area contributed by atoms with Crippen molar-refractivity contribution in [2.75, 3.05) is 6.54 Å². The van der Waals surface area contributed by atoms with Gasteiger partial charge in [-0.05, 0) is 53.5 Å². The molecule has 0 fully saturated rings. The van der Waals surface area contributed by atoms with Gasteiger partial charge in [0.1, 0.15) is 17.2 Å². The second-order valence-electron chi connectivity index (χ2n) is 9.30. The smallest absolute Gasteiger partial charge is 0.408 e. The first-order valence-electron chi connectivity index (χ1n) is 9.10. The Balaban J connectivity index is 5.37. The molecule has 0 bridgehead atoms. The van der Waals surface area contributed by atoms with E-state index in [1.54, 1.807) is 52.3 Å². The molecule has 0 rings (SSSR count). The Morgan fingerprint density at radius 2 is 1.57 bits per heavy atom. The highest BCUT2D eigenvalue weighted by atomic mass is 33.1. The Bertz CT molecular complexity index is 574. The van der Waals surface area contributed by atoms with E-state index in [0.717, 1.165) is 0 Å². The zero-order valence-corrected chi connectivity index (χ0v) is 20.0. The Kier molecular flexibility index (Phi) is 10.6. The van der Waals surface area contributed by atoms with E-state index in [0.29, 0.717) is 0 Å². The quantitative estimate of drug-likeness (QED) is 0.178. The monoisotopic (exact) mass is 434 g/mol. The molecule has 1 N–H and O–H groups in total. The molecule has 0 spiro atoms. The van der Waals surface area contributed by atoms with Crippen LogP contribution in [0, 0.1) is 0 Å². The number of ether oxygens (including phenoxy) is 2. The molecule has 0 aliphatic rings. The molecule has 0 aliphatic heterocycles. The fourth-order valence-electron chi connectivity index (χ4n) is 1.78. The summed E-state index contributed by atoms with van der Waals surface area (Å²) in [5.41, 5.74) is 7.29. The molecule has 0 radical (unpaired) electrons. The Morgan fingerprint density at radius 3 is 2.00 bits per heavy atom. The summed E-state index contributed by atoms with van der Waals surface area (Å²) < 4.78 is 10.7. The van der Waals surface area contributed by atoms with Crippen molar-refractivity contribution in [3.63, 3.8) is 0 Å². The molecule has 28 heavy (non-hydrogen) atoms. The zero-order chi connectivity index (χ0) is 22.2. The molecular formula is C18H34N4O4S2. The predicted octanol–water partition coefficient (Wildman–Crippen LogP) is 5.47. The van der Waals surface area contributed by atoms with Gasteiger partial charge in [-0.25, -0.2) is 9.59 Å². The van der Waals surface area contributed by atoms with Crippen molar-refractivity contribution >= 4 is 33.7 Å². The summed E-state index contributed by atoms with van der Waals surface area (Å²) in [6.45, 7) is 16.9. The van der Waals surface area contributed by atoms with Gasteiger partial charge < -0.3 is 14.8 Å². The molecule has 0 saturated heterocycles. The van der Waals surface area contributed by atoms with Crippen molar-refractivity contribution in [3.05, 3.63) is 10.4 Å². The standard InChI is InChI=1S/C18H34N4O4S2/c1-16(2,3)25-14(23)13(21-15(24)26-17(4,5)6)10-12(11-20-22-19)27-28-18(7,8)9/h12-13H,10-11H2,1-9H3,(H,21,24). The van der Waals surface area contributed by atoms with Gasteiger partial charge >= 0.3 is 12.1 Å². The highest BCUT2D eigenvalue weighted by Crippen LogP contribution is 2.39. The van der Waals surface area contributed by atoms with Gasteiger partial charge in [-0.1, -0.05) is 47.5 Å². The third-order valence-electron chi connectivity index (χ3n) is 2.66. The lowest BCUT2D eigenvalue weighted by atomic mass is 10.1. The molecule has 0 saturated carbocycles. The van der Waals surface area contributed by atoms with Gasteiger partial charge in [-0.3, -0.25) is 0 Å². The summed E-state index contributed by atoms with van der Waals surface area (Å²) >= 11 is 0. The van der Waals surface area contributed by atoms with Gasteiger partial charge in [0.2, 0.25) is 0 Å². The predicted molar refractivity (Wildman–Crippen MR) is 116 cm³/mol.